The number of hydrogen-bond acceptors (Lipinski definition) is 8. The van der Waals surface area contributed by atoms with E-state index in [9.17, 15) is 4.79 Å². The lowest BCUT2D eigenvalue weighted by molar-refractivity contribution is -0.123. The van der Waals surface area contributed by atoms with Gasteiger partial charge in [-0.2, -0.15) is 0 Å². The predicted molar refractivity (Wildman–Crippen MR) is 125 cm³/mol. The molecule has 3 heterocycles. The number of rotatable bonds is 9. The van der Waals surface area contributed by atoms with Crippen LogP contribution >= 0.6 is 11.8 Å². The van der Waals surface area contributed by atoms with Crippen molar-refractivity contribution in [3.63, 3.8) is 0 Å². The van der Waals surface area contributed by atoms with Crippen LogP contribution in [0, 0.1) is 0 Å². The summed E-state index contributed by atoms with van der Waals surface area (Å²) in [5, 5.41) is 12.2. The first-order chi connectivity index (χ1) is 15.7. The minimum atomic E-state index is -0.171. The molecule has 4 rings (SSSR count). The summed E-state index contributed by atoms with van der Waals surface area (Å²) < 4.78 is 7.45. The maximum atomic E-state index is 12.0. The smallest absolute Gasteiger partial charge is 0.258 e. The van der Waals surface area contributed by atoms with Crippen LogP contribution in [0.25, 0.3) is 0 Å². The monoisotopic (exact) mass is 459 g/mol. The Morgan fingerprint density at radius 3 is 2.66 bits per heavy atom. The van der Waals surface area contributed by atoms with E-state index >= 15 is 0 Å². The van der Waals surface area contributed by atoms with Gasteiger partial charge in [-0.25, -0.2) is 4.98 Å². The molecular weight excluding hydrogens is 426 g/mol. The van der Waals surface area contributed by atoms with Crippen LogP contribution < -0.4 is 15.0 Å². The van der Waals surface area contributed by atoms with Gasteiger partial charge in [0.2, 0.25) is 5.88 Å². The molecule has 1 aliphatic heterocycles. The standard InChI is InChI=1S/C22H33N7O2S/c1-27-11-9-24-22(27)32-16-10-23-20(30)17-31-21-8-7-19(25-26-21)29-14-12-28(13-15-29)18-5-3-2-4-6-18/h7-9,11,18H,2-6,10,12-17H2,1H3,(H,23,30). The van der Waals surface area contributed by atoms with E-state index in [-0.39, 0.29) is 12.5 Å². The first kappa shape index (κ1) is 22.8. The molecule has 2 fully saturated rings. The summed E-state index contributed by atoms with van der Waals surface area (Å²) in [7, 11) is 1.95. The highest BCUT2D eigenvalue weighted by Crippen LogP contribution is 2.24. The molecule has 1 amide bonds. The Morgan fingerprint density at radius 2 is 1.97 bits per heavy atom. The number of carbonyl (C=O) groups is 1. The minimum Gasteiger partial charge on any atom is -0.466 e. The molecule has 2 aromatic heterocycles. The molecule has 1 saturated carbocycles. The van der Waals surface area contributed by atoms with E-state index in [1.807, 2.05) is 23.9 Å². The molecule has 174 valence electrons. The average Bonchev–Trinajstić information content (AvgIpc) is 3.26. The number of carbonyl (C=O) groups excluding carboxylic acids is 1. The largest absolute Gasteiger partial charge is 0.466 e. The van der Waals surface area contributed by atoms with Gasteiger partial charge < -0.3 is 19.5 Å². The molecule has 0 spiro atoms. The van der Waals surface area contributed by atoms with Crippen LogP contribution in [-0.4, -0.2) is 81.7 Å². The third kappa shape index (κ3) is 6.35. The molecule has 0 atom stereocenters. The first-order valence-electron chi connectivity index (χ1n) is 11.5. The maximum absolute atomic E-state index is 12.0. The molecule has 1 N–H and O–H groups in total. The van der Waals surface area contributed by atoms with Crippen LogP contribution in [-0.2, 0) is 11.8 Å². The fourth-order valence-corrected chi connectivity index (χ4v) is 5.12. The quantitative estimate of drug-likeness (QED) is 0.450. The zero-order chi connectivity index (χ0) is 22.2. The number of thioether (sulfide) groups is 1. The average molecular weight is 460 g/mol. The number of ether oxygens (including phenoxy) is 1. The molecular formula is C22H33N7O2S. The van der Waals surface area contributed by atoms with Crippen molar-refractivity contribution >= 4 is 23.5 Å². The van der Waals surface area contributed by atoms with Gasteiger partial charge in [-0.1, -0.05) is 31.0 Å². The van der Waals surface area contributed by atoms with Crippen molar-refractivity contribution in [2.24, 2.45) is 7.05 Å². The summed E-state index contributed by atoms with van der Waals surface area (Å²) in [6.45, 7) is 4.61. The Balaban J connectivity index is 1.13. The van der Waals surface area contributed by atoms with Crippen molar-refractivity contribution in [3.05, 3.63) is 24.5 Å². The third-order valence-electron chi connectivity index (χ3n) is 6.14. The molecule has 32 heavy (non-hydrogen) atoms. The van der Waals surface area contributed by atoms with Gasteiger partial charge in [0.25, 0.3) is 5.91 Å². The van der Waals surface area contributed by atoms with E-state index in [0.29, 0.717) is 12.4 Å². The van der Waals surface area contributed by atoms with Gasteiger partial charge >= 0.3 is 0 Å². The second-order valence-electron chi connectivity index (χ2n) is 8.35. The molecule has 9 nitrogen and oxygen atoms in total. The van der Waals surface area contributed by atoms with Gasteiger partial charge in [0.1, 0.15) is 0 Å². The highest BCUT2D eigenvalue weighted by Gasteiger charge is 2.25. The molecule has 1 saturated heterocycles. The number of aryl methyl sites for hydroxylation is 1. The van der Waals surface area contributed by atoms with Crippen LogP contribution in [0.5, 0.6) is 5.88 Å². The van der Waals surface area contributed by atoms with E-state index in [0.717, 1.165) is 48.9 Å². The summed E-state index contributed by atoms with van der Waals surface area (Å²) in [4.78, 5) is 21.2. The van der Waals surface area contributed by atoms with Crippen LogP contribution in [0.2, 0.25) is 0 Å². The van der Waals surface area contributed by atoms with Crippen molar-refractivity contribution < 1.29 is 9.53 Å². The number of aromatic nitrogens is 4. The normalized spacial score (nSPS) is 18.0. The second kappa shape index (κ2) is 11.5. The number of nitrogens with zero attached hydrogens (tertiary/aromatic N) is 6. The van der Waals surface area contributed by atoms with Crippen molar-refractivity contribution in [2.45, 2.75) is 43.3 Å². The SMILES string of the molecule is Cn1ccnc1SCCNC(=O)COc1ccc(N2CCN(C3CCCCC3)CC2)nn1. The third-order valence-corrected chi connectivity index (χ3v) is 7.20. The number of anilines is 1. The van der Waals surface area contributed by atoms with Crippen molar-refractivity contribution in [1.82, 2.24) is 30.0 Å². The molecule has 0 unspecified atom stereocenters. The Morgan fingerprint density at radius 1 is 1.16 bits per heavy atom. The molecule has 1 aliphatic carbocycles. The maximum Gasteiger partial charge on any atom is 0.258 e. The molecule has 2 aliphatic rings. The number of nitrogens with one attached hydrogen (secondary N) is 1. The summed E-state index contributed by atoms with van der Waals surface area (Å²) in [5.41, 5.74) is 0. The molecule has 2 aromatic rings. The summed E-state index contributed by atoms with van der Waals surface area (Å²) >= 11 is 1.60. The summed E-state index contributed by atoms with van der Waals surface area (Å²) in [5.74, 6) is 1.82. The van der Waals surface area contributed by atoms with Gasteiger partial charge in [0.15, 0.2) is 17.6 Å². The number of piperazine rings is 1. The lowest BCUT2D eigenvalue weighted by Crippen LogP contribution is -2.51. The topological polar surface area (TPSA) is 88.4 Å². The highest BCUT2D eigenvalue weighted by molar-refractivity contribution is 7.99. The Kier molecular flexibility index (Phi) is 8.22. The van der Waals surface area contributed by atoms with Gasteiger partial charge in [-0.15, -0.1) is 10.2 Å². The fraction of sp³-hybridized carbons (Fsp3) is 0.636. The second-order valence-corrected chi connectivity index (χ2v) is 9.41. The summed E-state index contributed by atoms with van der Waals surface area (Å²) in [6, 6.07) is 4.49. The van der Waals surface area contributed by atoms with Gasteiger partial charge in [-0.3, -0.25) is 9.69 Å². The van der Waals surface area contributed by atoms with Crippen LogP contribution in [0.15, 0.2) is 29.7 Å². The highest BCUT2D eigenvalue weighted by atomic mass is 32.2. The van der Waals surface area contributed by atoms with Gasteiger partial charge in [0.05, 0.1) is 0 Å². The van der Waals surface area contributed by atoms with Crippen LogP contribution in [0.4, 0.5) is 5.82 Å². The fourth-order valence-electron chi connectivity index (χ4n) is 4.34. The van der Waals surface area contributed by atoms with E-state index in [1.165, 1.54) is 32.1 Å². The molecule has 0 bridgehead atoms. The zero-order valence-corrected chi connectivity index (χ0v) is 19.6. The lowest BCUT2D eigenvalue weighted by atomic mass is 9.94. The van der Waals surface area contributed by atoms with E-state index in [1.54, 1.807) is 24.0 Å². The Labute approximate surface area is 193 Å². The first-order valence-corrected chi connectivity index (χ1v) is 12.5. The predicted octanol–water partition coefficient (Wildman–Crippen LogP) is 1.95. The van der Waals surface area contributed by atoms with Crippen molar-refractivity contribution in [2.75, 3.05) is 50.0 Å². The molecule has 0 aromatic carbocycles. The minimum absolute atomic E-state index is 0.0683. The van der Waals surface area contributed by atoms with E-state index in [4.69, 9.17) is 4.74 Å². The van der Waals surface area contributed by atoms with Crippen LogP contribution in [0.1, 0.15) is 32.1 Å². The number of amides is 1. The zero-order valence-electron chi connectivity index (χ0n) is 18.8. The van der Waals surface area contributed by atoms with Crippen molar-refractivity contribution in [3.8, 4) is 5.88 Å². The van der Waals surface area contributed by atoms with E-state index < -0.39 is 0 Å². The number of hydrogen-bond donors (Lipinski definition) is 1. The van der Waals surface area contributed by atoms with Crippen LogP contribution in [0.3, 0.4) is 0 Å². The molecule has 0 radical (unpaired) electrons. The Bertz CT molecular complexity index is 846. The molecule has 10 heteroatoms. The number of imidazole rings is 1. The van der Waals surface area contributed by atoms with Crippen molar-refractivity contribution in [1.29, 1.82) is 0 Å². The van der Waals surface area contributed by atoms with Gasteiger partial charge in [-0.05, 0) is 18.9 Å². The Hall–Kier alpha value is -2.33. The lowest BCUT2D eigenvalue weighted by Gasteiger charge is -2.41. The van der Waals surface area contributed by atoms with E-state index in [2.05, 4.69) is 30.3 Å². The summed E-state index contributed by atoms with van der Waals surface area (Å²) in [6.07, 6.45) is 10.5. The van der Waals surface area contributed by atoms with Gasteiger partial charge in [0, 0.05) is 70.0 Å².